The number of nitrogens with one attached hydrogen (secondary N) is 1. The van der Waals surface area contributed by atoms with Gasteiger partial charge < -0.3 is 14.5 Å². The van der Waals surface area contributed by atoms with Crippen LogP contribution in [0.5, 0.6) is 5.75 Å². The second-order valence-corrected chi connectivity index (χ2v) is 7.19. The summed E-state index contributed by atoms with van der Waals surface area (Å²) in [6.07, 6.45) is 0. The lowest BCUT2D eigenvalue weighted by Crippen LogP contribution is -2.22. The Kier molecular flexibility index (Phi) is 6.03. The van der Waals surface area contributed by atoms with Crippen molar-refractivity contribution in [3.63, 3.8) is 0 Å². The van der Waals surface area contributed by atoms with Crippen LogP contribution in [0.15, 0.2) is 70.0 Å². The van der Waals surface area contributed by atoms with Crippen molar-refractivity contribution < 1.29 is 22.5 Å². The molecule has 5 nitrogen and oxygen atoms in total. The second-order valence-electron chi connectivity index (χ2n) is 5.74. The van der Waals surface area contributed by atoms with E-state index in [4.69, 9.17) is 9.15 Å². The van der Waals surface area contributed by atoms with E-state index < -0.39 is 10.8 Å². The molecule has 7 heteroatoms. The van der Waals surface area contributed by atoms with E-state index in [0.717, 1.165) is 11.3 Å². The average molecular weight is 387 g/mol. The molecule has 1 atom stereocenters. The van der Waals surface area contributed by atoms with Crippen molar-refractivity contribution in [3.05, 3.63) is 83.6 Å². The summed E-state index contributed by atoms with van der Waals surface area (Å²) in [7, 11) is 0.208. The number of benzene rings is 2. The number of hydrogen-bond donors (Lipinski definition) is 1. The monoisotopic (exact) mass is 387 g/mol. The third kappa shape index (κ3) is 5.04. The Labute approximate surface area is 158 Å². The average Bonchev–Trinajstić information content (AvgIpc) is 3.15. The summed E-state index contributed by atoms with van der Waals surface area (Å²) in [5.41, 5.74) is 0.924. The molecule has 1 heterocycles. The molecule has 2 aromatic carbocycles. The van der Waals surface area contributed by atoms with E-state index in [1.54, 1.807) is 19.2 Å². The van der Waals surface area contributed by atoms with Crippen molar-refractivity contribution in [2.75, 3.05) is 7.11 Å². The molecule has 1 N–H and O–H groups in total. The molecule has 0 aliphatic carbocycles. The number of hydrogen-bond acceptors (Lipinski definition) is 4. The summed E-state index contributed by atoms with van der Waals surface area (Å²) in [5.74, 6) is 0.684. The van der Waals surface area contributed by atoms with Crippen LogP contribution in [0.1, 0.15) is 21.9 Å². The fourth-order valence-electron chi connectivity index (χ4n) is 2.39. The fraction of sp³-hybridized carbons (Fsp3) is 0.150. The van der Waals surface area contributed by atoms with Crippen molar-refractivity contribution in [1.82, 2.24) is 5.32 Å². The summed E-state index contributed by atoms with van der Waals surface area (Å²) in [4.78, 5) is 12.7. The third-order valence-electron chi connectivity index (χ3n) is 3.85. The Morgan fingerprint density at radius 1 is 1.07 bits per heavy atom. The SMILES string of the molecule is COc1ccc(CNC(=O)c2ccc(C[S@@](=O)c3ccc(F)cc3)o2)cc1. The maximum atomic E-state index is 12.9. The Balaban J connectivity index is 1.56. The van der Waals surface area contributed by atoms with Gasteiger partial charge in [-0.25, -0.2) is 4.39 Å². The van der Waals surface area contributed by atoms with Gasteiger partial charge in [-0.3, -0.25) is 9.00 Å². The Bertz CT molecular complexity index is 935. The molecule has 0 aliphatic rings. The van der Waals surface area contributed by atoms with Gasteiger partial charge in [-0.15, -0.1) is 0 Å². The lowest BCUT2D eigenvalue weighted by atomic mass is 10.2. The van der Waals surface area contributed by atoms with E-state index >= 15 is 0 Å². The van der Waals surface area contributed by atoms with Crippen LogP contribution in [0.2, 0.25) is 0 Å². The number of carbonyl (C=O) groups excluding carboxylic acids is 1. The Morgan fingerprint density at radius 2 is 1.78 bits per heavy atom. The smallest absolute Gasteiger partial charge is 0.287 e. The predicted octanol–water partition coefficient (Wildman–Crippen LogP) is 3.67. The first-order valence-electron chi connectivity index (χ1n) is 8.19. The highest BCUT2D eigenvalue weighted by Crippen LogP contribution is 2.16. The molecule has 0 unspecified atom stereocenters. The molecule has 27 heavy (non-hydrogen) atoms. The molecule has 0 fully saturated rings. The van der Waals surface area contributed by atoms with Gasteiger partial charge in [0.2, 0.25) is 0 Å². The van der Waals surface area contributed by atoms with Gasteiger partial charge in [-0.05, 0) is 54.1 Å². The van der Waals surface area contributed by atoms with Gasteiger partial charge in [-0.1, -0.05) is 12.1 Å². The van der Waals surface area contributed by atoms with Crippen molar-refractivity contribution in [2.45, 2.75) is 17.2 Å². The molecule has 0 aliphatic heterocycles. The van der Waals surface area contributed by atoms with Crippen LogP contribution in [0.4, 0.5) is 4.39 Å². The maximum absolute atomic E-state index is 12.9. The highest BCUT2D eigenvalue weighted by Gasteiger charge is 2.13. The van der Waals surface area contributed by atoms with E-state index in [1.165, 1.54) is 24.3 Å². The van der Waals surface area contributed by atoms with Gasteiger partial charge in [0, 0.05) is 11.4 Å². The van der Waals surface area contributed by atoms with Gasteiger partial charge in [-0.2, -0.15) is 0 Å². The lowest BCUT2D eigenvalue weighted by molar-refractivity contribution is 0.0921. The van der Waals surface area contributed by atoms with Crippen LogP contribution < -0.4 is 10.1 Å². The van der Waals surface area contributed by atoms with Crippen LogP contribution in [-0.2, 0) is 23.1 Å². The van der Waals surface area contributed by atoms with E-state index in [2.05, 4.69) is 5.32 Å². The Morgan fingerprint density at radius 3 is 2.44 bits per heavy atom. The number of methoxy groups -OCH3 is 1. The largest absolute Gasteiger partial charge is 0.497 e. The quantitative estimate of drug-likeness (QED) is 0.672. The number of halogens is 1. The molecular formula is C20H18FNO4S. The van der Waals surface area contributed by atoms with Crippen LogP contribution in [0, 0.1) is 5.82 Å². The molecule has 140 valence electrons. The lowest BCUT2D eigenvalue weighted by Gasteiger charge is -2.05. The number of ether oxygens (including phenoxy) is 1. The summed E-state index contributed by atoms with van der Waals surface area (Å²) < 4.78 is 35.8. The highest BCUT2D eigenvalue weighted by molar-refractivity contribution is 7.84. The van der Waals surface area contributed by atoms with Gasteiger partial charge in [0.25, 0.3) is 5.91 Å². The van der Waals surface area contributed by atoms with Crippen LogP contribution >= 0.6 is 0 Å². The molecule has 0 bridgehead atoms. The van der Waals surface area contributed by atoms with E-state index in [9.17, 15) is 13.4 Å². The first kappa shape index (κ1) is 18.8. The Hall–Kier alpha value is -2.93. The first-order valence-corrected chi connectivity index (χ1v) is 9.51. The molecule has 0 saturated heterocycles. The zero-order valence-electron chi connectivity index (χ0n) is 14.6. The molecule has 0 radical (unpaired) electrons. The molecule has 1 aromatic heterocycles. The highest BCUT2D eigenvalue weighted by atomic mass is 32.2. The minimum Gasteiger partial charge on any atom is -0.497 e. The van der Waals surface area contributed by atoms with Gasteiger partial charge in [0.15, 0.2) is 5.76 Å². The second kappa shape index (κ2) is 8.64. The van der Waals surface area contributed by atoms with Crippen molar-refractivity contribution in [2.24, 2.45) is 0 Å². The third-order valence-corrected chi connectivity index (χ3v) is 5.19. The standard InChI is InChI=1S/C20H18FNO4S/c1-25-16-6-2-14(3-7-16)12-22-20(23)19-11-8-17(26-19)13-27(24)18-9-4-15(21)5-10-18/h2-11H,12-13H2,1H3,(H,22,23)/t27-/m1/s1. The molecule has 3 aromatic rings. The zero-order valence-corrected chi connectivity index (χ0v) is 15.4. The predicted molar refractivity (Wildman–Crippen MR) is 99.4 cm³/mol. The number of carbonyl (C=O) groups is 1. The van der Waals surface area contributed by atoms with Crippen LogP contribution in [0.3, 0.4) is 0 Å². The maximum Gasteiger partial charge on any atom is 0.287 e. The van der Waals surface area contributed by atoms with E-state index in [0.29, 0.717) is 17.2 Å². The summed E-state index contributed by atoms with van der Waals surface area (Å²) >= 11 is 0. The first-order chi connectivity index (χ1) is 13.0. The van der Waals surface area contributed by atoms with Gasteiger partial charge in [0.05, 0.1) is 23.7 Å². The van der Waals surface area contributed by atoms with Crippen LogP contribution in [-0.4, -0.2) is 17.2 Å². The molecule has 1 amide bonds. The van der Waals surface area contributed by atoms with E-state index in [1.807, 2.05) is 24.3 Å². The van der Waals surface area contributed by atoms with Crippen molar-refractivity contribution in [3.8, 4) is 5.75 Å². The number of rotatable bonds is 7. The molecule has 3 rings (SSSR count). The topological polar surface area (TPSA) is 68.5 Å². The number of furan rings is 1. The van der Waals surface area contributed by atoms with Crippen LogP contribution in [0.25, 0.3) is 0 Å². The van der Waals surface area contributed by atoms with E-state index in [-0.39, 0.29) is 23.2 Å². The normalized spacial score (nSPS) is 11.8. The molecular weight excluding hydrogens is 369 g/mol. The fourth-order valence-corrected chi connectivity index (χ4v) is 3.41. The minimum absolute atomic E-state index is 0.109. The minimum atomic E-state index is -1.38. The number of amides is 1. The molecule has 0 spiro atoms. The molecule has 0 saturated carbocycles. The summed E-state index contributed by atoms with van der Waals surface area (Å²) in [6.45, 7) is 0.348. The van der Waals surface area contributed by atoms with Crippen molar-refractivity contribution in [1.29, 1.82) is 0 Å². The van der Waals surface area contributed by atoms with Crippen molar-refractivity contribution >= 4 is 16.7 Å². The van der Waals surface area contributed by atoms with Gasteiger partial charge >= 0.3 is 0 Å². The van der Waals surface area contributed by atoms with Gasteiger partial charge in [0.1, 0.15) is 17.3 Å². The summed E-state index contributed by atoms with van der Waals surface area (Å²) in [5, 5.41) is 2.77. The summed E-state index contributed by atoms with van der Waals surface area (Å²) in [6, 6.07) is 16.0. The zero-order chi connectivity index (χ0) is 19.2.